The van der Waals surface area contributed by atoms with Crippen molar-refractivity contribution in [1.82, 2.24) is 5.32 Å². The van der Waals surface area contributed by atoms with Crippen LogP contribution in [0.4, 0.5) is 0 Å². The molecule has 0 aromatic heterocycles. The summed E-state index contributed by atoms with van der Waals surface area (Å²) in [5.41, 5.74) is 0. The lowest BCUT2D eigenvalue weighted by Gasteiger charge is -2.11. The number of nitrogens with one attached hydrogen (secondary N) is 1. The van der Waals surface area contributed by atoms with E-state index in [1.165, 1.54) is 0 Å². The maximum absolute atomic E-state index is 8.52. The average Bonchev–Trinajstić information content (AvgIpc) is 1.67. The van der Waals surface area contributed by atoms with Crippen LogP contribution in [0.1, 0.15) is 6.92 Å². The summed E-state index contributed by atoms with van der Waals surface area (Å²) >= 11 is 0. The van der Waals surface area contributed by atoms with Gasteiger partial charge in [-0.15, -0.1) is 0 Å². The molecule has 0 amide bonds. The minimum absolute atomic E-state index is 0.513. The van der Waals surface area contributed by atoms with Crippen molar-refractivity contribution in [3.63, 3.8) is 0 Å². The Morgan fingerprint density at radius 1 is 1.38 bits per heavy atom. The molecule has 1 atom stereocenters. The van der Waals surface area contributed by atoms with Gasteiger partial charge in [0.15, 0.2) is 12.5 Å². The van der Waals surface area contributed by atoms with Gasteiger partial charge in [-0.2, -0.15) is 0 Å². The number of aliphatic hydroxyl groups excluding tert-OH is 2. The van der Waals surface area contributed by atoms with E-state index in [-0.39, 0.29) is 0 Å². The molecule has 4 heteroatoms. The van der Waals surface area contributed by atoms with E-state index < -0.39 is 12.5 Å². The molecule has 0 aliphatic carbocycles. The first kappa shape index (κ1) is 7.84. The zero-order chi connectivity index (χ0) is 6.57. The largest absolute Gasteiger partial charge is 0.373 e. The number of likely N-dealkylation sites (N-methyl/N-ethyl adjacent to an activating group) is 1. The molecule has 4 N–H and O–H groups in total. The van der Waals surface area contributed by atoms with E-state index in [4.69, 9.17) is 15.3 Å². The smallest absolute Gasteiger partial charge is 0.192 e. The second kappa shape index (κ2) is 3.80. The molecular formula is C4H11NO3. The molecular weight excluding hydrogens is 110 g/mol. The van der Waals surface area contributed by atoms with Crippen molar-refractivity contribution in [3.8, 4) is 0 Å². The first-order valence-corrected chi connectivity index (χ1v) is 2.46. The summed E-state index contributed by atoms with van der Waals surface area (Å²) in [4.78, 5) is 0. The van der Waals surface area contributed by atoms with Crippen molar-refractivity contribution in [2.75, 3.05) is 6.54 Å². The molecule has 0 spiro atoms. The summed E-state index contributed by atoms with van der Waals surface area (Å²) in [7, 11) is 0. The average molecular weight is 121 g/mol. The van der Waals surface area contributed by atoms with Gasteiger partial charge >= 0.3 is 0 Å². The number of rotatable bonds is 3. The Morgan fingerprint density at radius 2 is 1.88 bits per heavy atom. The van der Waals surface area contributed by atoms with Crippen LogP contribution < -0.4 is 5.32 Å². The highest BCUT2D eigenvalue weighted by molar-refractivity contribution is 4.49. The van der Waals surface area contributed by atoms with Crippen molar-refractivity contribution < 1.29 is 15.3 Å². The summed E-state index contributed by atoms with van der Waals surface area (Å²) in [5, 5.41) is 27.3. The second-order valence-electron chi connectivity index (χ2n) is 1.42. The van der Waals surface area contributed by atoms with E-state index in [0.29, 0.717) is 6.54 Å². The fourth-order valence-corrected chi connectivity index (χ4v) is 0.315. The molecule has 0 heterocycles. The van der Waals surface area contributed by atoms with Gasteiger partial charge in [0.1, 0.15) is 0 Å². The van der Waals surface area contributed by atoms with E-state index in [2.05, 4.69) is 5.32 Å². The molecule has 1 unspecified atom stereocenters. The standard InChI is InChI=1S/C4H11NO3/c1-2-5-3(6)4(7)8/h3-8H,2H2,1H3. The highest BCUT2D eigenvalue weighted by Gasteiger charge is 2.08. The van der Waals surface area contributed by atoms with Gasteiger partial charge in [0.2, 0.25) is 0 Å². The third-order valence-corrected chi connectivity index (χ3v) is 0.696. The molecule has 0 bridgehead atoms. The van der Waals surface area contributed by atoms with Crippen LogP contribution >= 0.6 is 0 Å². The molecule has 0 aromatic carbocycles. The summed E-state index contributed by atoms with van der Waals surface area (Å²) in [6.07, 6.45) is -2.91. The lowest BCUT2D eigenvalue weighted by Crippen LogP contribution is -2.39. The topological polar surface area (TPSA) is 72.7 Å². The number of hydrogen-bond acceptors (Lipinski definition) is 4. The fourth-order valence-electron chi connectivity index (χ4n) is 0.315. The molecule has 0 aromatic rings. The van der Waals surface area contributed by atoms with Crippen LogP contribution in [0.15, 0.2) is 0 Å². The normalized spacial score (nSPS) is 14.6. The highest BCUT2D eigenvalue weighted by Crippen LogP contribution is 1.80. The van der Waals surface area contributed by atoms with Gasteiger partial charge < -0.3 is 15.3 Å². The monoisotopic (exact) mass is 121 g/mol. The Morgan fingerprint density at radius 3 is 2.00 bits per heavy atom. The molecule has 4 nitrogen and oxygen atoms in total. The summed E-state index contributed by atoms with van der Waals surface area (Å²) in [5.74, 6) is 0. The SMILES string of the molecule is CCNC(O)C(O)O. The zero-order valence-electron chi connectivity index (χ0n) is 4.70. The maximum Gasteiger partial charge on any atom is 0.192 e. The van der Waals surface area contributed by atoms with Gasteiger partial charge in [-0.3, -0.25) is 5.32 Å². The van der Waals surface area contributed by atoms with Gasteiger partial charge in [0, 0.05) is 0 Å². The molecule has 0 saturated carbocycles. The predicted octanol–water partition coefficient (Wildman–Crippen LogP) is -1.78. The minimum atomic E-state index is -1.69. The van der Waals surface area contributed by atoms with E-state index in [9.17, 15) is 0 Å². The van der Waals surface area contributed by atoms with Crippen LogP contribution in [0, 0.1) is 0 Å². The van der Waals surface area contributed by atoms with Crippen LogP contribution in [0.3, 0.4) is 0 Å². The van der Waals surface area contributed by atoms with Crippen molar-refractivity contribution in [2.45, 2.75) is 19.4 Å². The Bertz CT molecular complexity index is 57.2. The van der Waals surface area contributed by atoms with Gasteiger partial charge in [-0.1, -0.05) is 6.92 Å². The van der Waals surface area contributed by atoms with Crippen molar-refractivity contribution in [1.29, 1.82) is 0 Å². The molecule has 0 rings (SSSR count). The van der Waals surface area contributed by atoms with Gasteiger partial charge in [-0.05, 0) is 6.54 Å². The first-order chi connectivity index (χ1) is 3.68. The lowest BCUT2D eigenvalue weighted by molar-refractivity contribution is -0.132. The third-order valence-electron chi connectivity index (χ3n) is 0.696. The zero-order valence-corrected chi connectivity index (χ0v) is 4.70. The molecule has 0 aliphatic rings. The van der Waals surface area contributed by atoms with Crippen LogP contribution in [0.5, 0.6) is 0 Å². The van der Waals surface area contributed by atoms with Crippen LogP contribution in [-0.4, -0.2) is 34.4 Å². The predicted molar refractivity (Wildman–Crippen MR) is 27.9 cm³/mol. The molecule has 0 radical (unpaired) electrons. The molecule has 50 valence electrons. The Labute approximate surface area is 47.8 Å². The van der Waals surface area contributed by atoms with Crippen LogP contribution in [-0.2, 0) is 0 Å². The summed E-state index contributed by atoms with van der Waals surface area (Å²) in [6.45, 7) is 2.27. The van der Waals surface area contributed by atoms with Crippen molar-refractivity contribution in [2.24, 2.45) is 0 Å². The number of hydrogen-bond donors (Lipinski definition) is 4. The quantitative estimate of drug-likeness (QED) is 0.333. The molecule has 0 saturated heterocycles. The molecule has 8 heavy (non-hydrogen) atoms. The highest BCUT2D eigenvalue weighted by atomic mass is 16.5. The van der Waals surface area contributed by atoms with Crippen molar-refractivity contribution >= 4 is 0 Å². The first-order valence-electron chi connectivity index (χ1n) is 2.46. The fraction of sp³-hybridized carbons (Fsp3) is 1.00. The number of aliphatic hydroxyl groups is 3. The third kappa shape index (κ3) is 2.92. The Balaban J connectivity index is 3.17. The van der Waals surface area contributed by atoms with Gasteiger partial charge in [0.05, 0.1) is 0 Å². The van der Waals surface area contributed by atoms with E-state index in [0.717, 1.165) is 0 Å². The summed E-state index contributed by atoms with van der Waals surface area (Å²) < 4.78 is 0. The van der Waals surface area contributed by atoms with E-state index in [1.54, 1.807) is 6.92 Å². The minimum Gasteiger partial charge on any atom is -0.373 e. The van der Waals surface area contributed by atoms with Crippen molar-refractivity contribution in [3.05, 3.63) is 0 Å². The van der Waals surface area contributed by atoms with E-state index >= 15 is 0 Å². The Kier molecular flexibility index (Phi) is 3.72. The van der Waals surface area contributed by atoms with Gasteiger partial charge in [0.25, 0.3) is 0 Å². The van der Waals surface area contributed by atoms with Gasteiger partial charge in [-0.25, -0.2) is 0 Å². The van der Waals surface area contributed by atoms with Crippen LogP contribution in [0.2, 0.25) is 0 Å². The Hall–Kier alpha value is -0.160. The molecule has 0 fully saturated rings. The van der Waals surface area contributed by atoms with Crippen LogP contribution in [0.25, 0.3) is 0 Å². The second-order valence-corrected chi connectivity index (χ2v) is 1.42. The van der Waals surface area contributed by atoms with E-state index in [1.807, 2.05) is 0 Å². The maximum atomic E-state index is 8.52. The lowest BCUT2D eigenvalue weighted by atomic mass is 10.5. The summed E-state index contributed by atoms with van der Waals surface area (Å²) in [6, 6.07) is 0. The molecule has 0 aliphatic heterocycles.